The fraction of sp³-hybridized carbons (Fsp3) is 0.417. The summed E-state index contributed by atoms with van der Waals surface area (Å²) in [7, 11) is 1.86. The van der Waals surface area contributed by atoms with Crippen molar-refractivity contribution in [3.8, 4) is 0 Å². The summed E-state index contributed by atoms with van der Waals surface area (Å²) < 4.78 is 3.82. The standard InChI is InChI=1S/C12H17ClN4/c1-9-11(12(13)16(2)15-9)8-17-6-4-10(7-17)3-5-14/h4,6-7H,3,5,8,14H2,1-2H3. The van der Waals surface area contributed by atoms with Crippen molar-refractivity contribution in [2.75, 3.05) is 6.54 Å². The molecule has 0 fully saturated rings. The molecule has 0 spiro atoms. The van der Waals surface area contributed by atoms with Crippen molar-refractivity contribution >= 4 is 11.6 Å². The molecule has 0 aliphatic rings. The molecule has 0 saturated carbocycles. The molecule has 92 valence electrons. The number of nitrogens with zero attached hydrogens (tertiary/aromatic N) is 3. The lowest BCUT2D eigenvalue weighted by molar-refractivity contribution is 0.756. The molecule has 2 rings (SSSR count). The molecule has 4 nitrogen and oxygen atoms in total. The van der Waals surface area contributed by atoms with Crippen molar-refractivity contribution in [2.45, 2.75) is 19.9 Å². The van der Waals surface area contributed by atoms with Crippen molar-refractivity contribution < 1.29 is 0 Å². The van der Waals surface area contributed by atoms with Crippen LogP contribution in [0.4, 0.5) is 0 Å². The summed E-state index contributed by atoms with van der Waals surface area (Å²) in [4.78, 5) is 0. The van der Waals surface area contributed by atoms with Gasteiger partial charge in [-0.15, -0.1) is 0 Å². The van der Waals surface area contributed by atoms with Crippen LogP contribution in [0.2, 0.25) is 5.15 Å². The van der Waals surface area contributed by atoms with Crippen molar-refractivity contribution in [3.63, 3.8) is 0 Å². The first-order valence-electron chi connectivity index (χ1n) is 5.64. The average molecular weight is 253 g/mol. The zero-order valence-electron chi connectivity index (χ0n) is 10.2. The van der Waals surface area contributed by atoms with Crippen molar-refractivity contribution in [3.05, 3.63) is 40.4 Å². The molecule has 2 N–H and O–H groups in total. The summed E-state index contributed by atoms with van der Waals surface area (Å²) in [6, 6.07) is 2.09. The average Bonchev–Trinajstić information content (AvgIpc) is 2.81. The SMILES string of the molecule is Cc1nn(C)c(Cl)c1Cn1ccc(CCN)c1. The van der Waals surface area contributed by atoms with Crippen molar-refractivity contribution in [2.24, 2.45) is 12.8 Å². The Labute approximate surface area is 106 Å². The second kappa shape index (κ2) is 4.94. The topological polar surface area (TPSA) is 48.8 Å². The summed E-state index contributed by atoms with van der Waals surface area (Å²) >= 11 is 6.20. The highest BCUT2D eigenvalue weighted by Gasteiger charge is 2.11. The van der Waals surface area contributed by atoms with Crippen LogP contribution in [0, 0.1) is 6.92 Å². The summed E-state index contributed by atoms with van der Waals surface area (Å²) in [5.41, 5.74) is 8.84. The van der Waals surface area contributed by atoms with Gasteiger partial charge in [-0.2, -0.15) is 5.10 Å². The van der Waals surface area contributed by atoms with Gasteiger partial charge in [0, 0.05) is 25.0 Å². The van der Waals surface area contributed by atoms with E-state index in [2.05, 4.69) is 21.9 Å². The van der Waals surface area contributed by atoms with E-state index in [0.29, 0.717) is 11.7 Å². The van der Waals surface area contributed by atoms with Gasteiger partial charge in [0.2, 0.25) is 0 Å². The Hall–Kier alpha value is -1.26. The van der Waals surface area contributed by atoms with Gasteiger partial charge in [0.15, 0.2) is 0 Å². The van der Waals surface area contributed by atoms with Crippen LogP contribution >= 0.6 is 11.6 Å². The normalized spacial score (nSPS) is 11.1. The van der Waals surface area contributed by atoms with Crippen LogP contribution in [0.3, 0.4) is 0 Å². The Bertz CT molecular complexity index is 513. The van der Waals surface area contributed by atoms with Gasteiger partial charge in [0.25, 0.3) is 0 Å². The van der Waals surface area contributed by atoms with Gasteiger partial charge >= 0.3 is 0 Å². The first-order valence-corrected chi connectivity index (χ1v) is 6.02. The van der Waals surface area contributed by atoms with Crippen LogP contribution in [0.25, 0.3) is 0 Å². The predicted molar refractivity (Wildman–Crippen MR) is 69.2 cm³/mol. The van der Waals surface area contributed by atoms with Crippen molar-refractivity contribution in [1.29, 1.82) is 0 Å². The van der Waals surface area contributed by atoms with E-state index in [4.69, 9.17) is 17.3 Å². The van der Waals surface area contributed by atoms with Crippen LogP contribution in [0.5, 0.6) is 0 Å². The highest BCUT2D eigenvalue weighted by molar-refractivity contribution is 6.30. The Morgan fingerprint density at radius 3 is 2.82 bits per heavy atom. The molecule has 0 radical (unpaired) electrons. The maximum Gasteiger partial charge on any atom is 0.131 e. The van der Waals surface area contributed by atoms with Gasteiger partial charge < -0.3 is 10.3 Å². The van der Waals surface area contributed by atoms with E-state index < -0.39 is 0 Å². The van der Waals surface area contributed by atoms with Gasteiger partial charge in [-0.3, -0.25) is 4.68 Å². The highest BCUT2D eigenvalue weighted by atomic mass is 35.5. The van der Waals surface area contributed by atoms with E-state index in [9.17, 15) is 0 Å². The number of aromatic nitrogens is 3. The summed E-state index contributed by atoms with van der Waals surface area (Å²) in [5.74, 6) is 0. The Balaban J connectivity index is 2.19. The quantitative estimate of drug-likeness (QED) is 0.901. The number of rotatable bonds is 4. The van der Waals surface area contributed by atoms with Gasteiger partial charge in [-0.1, -0.05) is 11.6 Å². The number of halogens is 1. The molecule has 0 aromatic carbocycles. The minimum absolute atomic E-state index is 0.677. The van der Waals surface area contributed by atoms with Gasteiger partial charge in [0.1, 0.15) is 5.15 Å². The monoisotopic (exact) mass is 252 g/mol. The summed E-state index contributed by atoms with van der Waals surface area (Å²) in [6.07, 6.45) is 5.07. The molecule has 0 saturated heterocycles. The molecule has 2 heterocycles. The van der Waals surface area contributed by atoms with Crippen LogP contribution < -0.4 is 5.73 Å². The van der Waals surface area contributed by atoms with E-state index in [1.54, 1.807) is 4.68 Å². The van der Waals surface area contributed by atoms with E-state index >= 15 is 0 Å². The smallest absolute Gasteiger partial charge is 0.131 e. The lowest BCUT2D eigenvalue weighted by atomic mass is 10.2. The molecular formula is C12H17ClN4. The zero-order chi connectivity index (χ0) is 12.4. The molecular weight excluding hydrogens is 236 g/mol. The van der Waals surface area contributed by atoms with Crippen LogP contribution in [0.1, 0.15) is 16.8 Å². The molecule has 17 heavy (non-hydrogen) atoms. The zero-order valence-corrected chi connectivity index (χ0v) is 10.9. The second-order valence-corrected chi connectivity index (χ2v) is 4.57. The Kier molecular flexibility index (Phi) is 3.54. The van der Waals surface area contributed by atoms with Gasteiger partial charge in [-0.25, -0.2) is 0 Å². The first-order chi connectivity index (χ1) is 8.11. The molecule has 0 amide bonds. The molecule has 0 aliphatic carbocycles. The maximum atomic E-state index is 6.20. The van der Waals surface area contributed by atoms with Crippen LogP contribution in [-0.4, -0.2) is 20.9 Å². The van der Waals surface area contributed by atoms with E-state index in [-0.39, 0.29) is 0 Å². The Morgan fingerprint density at radius 1 is 1.47 bits per heavy atom. The largest absolute Gasteiger partial charge is 0.349 e. The van der Waals surface area contributed by atoms with E-state index in [1.165, 1.54) is 5.56 Å². The minimum Gasteiger partial charge on any atom is -0.349 e. The maximum absolute atomic E-state index is 6.20. The van der Waals surface area contributed by atoms with Gasteiger partial charge in [0.05, 0.1) is 12.2 Å². The molecule has 2 aromatic heterocycles. The minimum atomic E-state index is 0.677. The highest BCUT2D eigenvalue weighted by Crippen LogP contribution is 2.20. The fourth-order valence-corrected chi connectivity index (χ4v) is 2.17. The number of hydrogen-bond acceptors (Lipinski definition) is 2. The lowest BCUT2D eigenvalue weighted by Crippen LogP contribution is -2.02. The first kappa shape index (κ1) is 12.2. The molecule has 5 heteroatoms. The van der Waals surface area contributed by atoms with Crippen LogP contribution in [0.15, 0.2) is 18.5 Å². The molecule has 0 aliphatic heterocycles. The van der Waals surface area contributed by atoms with Gasteiger partial charge in [-0.05, 0) is 31.5 Å². The van der Waals surface area contributed by atoms with E-state index in [1.807, 2.05) is 20.2 Å². The fourth-order valence-electron chi connectivity index (χ4n) is 1.94. The molecule has 0 unspecified atom stereocenters. The second-order valence-electron chi connectivity index (χ2n) is 4.21. The van der Waals surface area contributed by atoms with Crippen LogP contribution in [-0.2, 0) is 20.0 Å². The molecule has 0 atom stereocenters. The number of nitrogens with two attached hydrogens (primary N) is 1. The number of aryl methyl sites for hydroxylation is 2. The molecule has 0 bridgehead atoms. The molecule has 2 aromatic rings. The van der Waals surface area contributed by atoms with E-state index in [0.717, 1.165) is 24.2 Å². The third-order valence-corrected chi connectivity index (χ3v) is 3.33. The summed E-state index contributed by atoms with van der Waals surface area (Å²) in [5, 5.41) is 5.01. The third kappa shape index (κ3) is 2.53. The van der Waals surface area contributed by atoms with Crippen molar-refractivity contribution in [1.82, 2.24) is 14.3 Å². The predicted octanol–water partition coefficient (Wildman–Crippen LogP) is 1.73. The summed E-state index contributed by atoms with van der Waals surface area (Å²) in [6.45, 7) is 3.41. The lowest BCUT2D eigenvalue weighted by Gasteiger charge is -2.02. The number of hydrogen-bond donors (Lipinski definition) is 1. The Morgan fingerprint density at radius 2 is 2.24 bits per heavy atom. The third-order valence-electron chi connectivity index (χ3n) is 2.86.